The molecule has 3 rings (SSSR count). The summed E-state index contributed by atoms with van der Waals surface area (Å²) in [4.78, 5) is 4.30. The molecule has 0 amide bonds. The van der Waals surface area contributed by atoms with Crippen molar-refractivity contribution in [2.24, 2.45) is 0 Å². The summed E-state index contributed by atoms with van der Waals surface area (Å²) in [6.45, 7) is 1.86. The molecule has 0 bridgehead atoms. The standard InChI is InChI=1S/C14H13ClFN3O/c1-2-11(17)12-18-13(19-20-12)14(5-6-14)9-4-3-8(16)7-10(9)15/h3-4,7,17H,2,5-6H2,1H3. The van der Waals surface area contributed by atoms with Crippen molar-refractivity contribution in [1.29, 1.82) is 5.41 Å². The minimum absolute atomic E-state index is 0.243. The maximum absolute atomic E-state index is 13.2. The van der Waals surface area contributed by atoms with Gasteiger partial charge < -0.3 is 4.52 Å². The van der Waals surface area contributed by atoms with Crippen molar-refractivity contribution in [3.63, 3.8) is 0 Å². The average molecular weight is 294 g/mol. The molecule has 1 aromatic heterocycles. The number of nitrogens with zero attached hydrogens (tertiary/aromatic N) is 2. The third-order valence-electron chi connectivity index (χ3n) is 3.66. The largest absolute Gasteiger partial charge is 0.333 e. The highest BCUT2D eigenvalue weighted by Gasteiger charge is 2.51. The second kappa shape index (κ2) is 4.66. The second-order valence-electron chi connectivity index (χ2n) is 4.96. The average Bonchev–Trinajstić information content (AvgIpc) is 3.07. The summed E-state index contributed by atoms with van der Waals surface area (Å²) in [7, 11) is 0. The molecule has 4 nitrogen and oxygen atoms in total. The van der Waals surface area contributed by atoms with Gasteiger partial charge in [0.25, 0.3) is 5.89 Å². The quantitative estimate of drug-likeness (QED) is 0.874. The first kappa shape index (κ1) is 13.2. The first-order chi connectivity index (χ1) is 9.56. The predicted molar refractivity (Wildman–Crippen MR) is 72.8 cm³/mol. The Kier molecular flexibility index (Phi) is 3.09. The highest BCUT2D eigenvalue weighted by atomic mass is 35.5. The van der Waals surface area contributed by atoms with E-state index in [1.54, 1.807) is 6.07 Å². The third kappa shape index (κ3) is 2.02. The number of benzene rings is 1. The van der Waals surface area contributed by atoms with Crippen LogP contribution in [0.4, 0.5) is 4.39 Å². The van der Waals surface area contributed by atoms with Gasteiger partial charge in [-0.25, -0.2) is 4.39 Å². The number of hydrogen-bond acceptors (Lipinski definition) is 4. The molecule has 104 valence electrons. The Hall–Kier alpha value is -1.75. The summed E-state index contributed by atoms with van der Waals surface area (Å²) in [6.07, 6.45) is 2.22. The molecule has 1 N–H and O–H groups in total. The van der Waals surface area contributed by atoms with Crippen molar-refractivity contribution in [3.05, 3.63) is 46.3 Å². The first-order valence-electron chi connectivity index (χ1n) is 6.44. The summed E-state index contributed by atoms with van der Waals surface area (Å²) in [6, 6.07) is 4.36. The predicted octanol–water partition coefficient (Wildman–Crippen LogP) is 3.72. The minimum atomic E-state index is -0.388. The lowest BCUT2D eigenvalue weighted by molar-refractivity contribution is 0.398. The molecular formula is C14H13ClFN3O. The Morgan fingerprint density at radius 1 is 1.50 bits per heavy atom. The van der Waals surface area contributed by atoms with Crippen LogP contribution in [0.1, 0.15) is 43.5 Å². The van der Waals surface area contributed by atoms with E-state index in [4.69, 9.17) is 21.5 Å². The highest BCUT2D eigenvalue weighted by molar-refractivity contribution is 6.31. The van der Waals surface area contributed by atoms with E-state index in [9.17, 15) is 4.39 Å². The van der Waals surface area contributed by atoms with Crippen molar-refractivity contribution in [2.75, 3.05) is 0 Å². The molecular weight excluding hydrogens is 281 g/mol. The fourth-order valence-corrected chi connectivity index (χ4v) is 2.66. The molecule has 1 fully saturated rings. The van der Waals surface area contributed by atoms with E-state index in [2.05, 4.69) is 10.1 Å². The molecule has 1 heterocycles. The molecule has 6 heteroatoms. The van der Waals surface area contributed by atoms with Crippen LogP contribution in [-0.2, 0) is 5.41 Å². The van der Waals surface area contributed by atoms with Gasteiger partial charge in [-0.2, -0.15) is 4.98 Å². The Labute approximate surface area is 120 Å². The molecule has 0 unspecified atom stereocenters. The number of halogens is 2. The van der Waals surface area contributed by atoms with Gasteiger partial charge in [-0.1, -0.05) is 29.7 Å². The van der Waals surface area contributed by atoms with Gasteiger partial charge in [0, 0.05) is 5.02 Å². The van der Waals surface area contributed by atoms with Gasteiger partial charge in [0.05, 0.1) is 11.1 Å². The van der Waals surface area contributed by atoms with Crippen LogP contribution in [0.5, 0.6) is 0 Å². The molecule has 0 aliphatic heterocycles. The van der Waals surface area contributed by atoms with E-state index in [0.29, 0.717) is 23.0 Å². The van der Waals surface area contributed by atoms with Gasteiger partial charge in [0.15, 0.2) is 5.82 Å². The van der Waals surface area contributed by atoms with Crippen LogP contribution in [0.3, 0.4) is 0 Å². The van der Waals surface area contributed by atoms with Gasteiger partial charge in [0.2, 0.25) is 0 Å². The smallest absolute Gasteiger partial charge is 0.271 e. The Bertz CT molecular complexity index is 679. The maximum atomic E-state index is 13.2. The van der Waals surface area contributed by atoms with Crippen molar-refractivity contribution in [3.8, 4) is 0 Å². The summed E-state index contributed by atoms with van der Waals surface area (Å²) in [5, 5.41) is 12.1. The Morgan fingerprint density at radius 2 is 2.25 bits per heavy atom. The van der Waals surface area contributed by atoms with Gasteiger partial charge in [-0.15, -0.1) is 0 Å². The minimum Gasteiger partial charge on any atom is -0.333 e. The molecule has 20 heavy (non-hydrogen) atoms. The van der Waals surface area contributed by atoms with Gasteiger partial charge in [-0.3, -0.25) is 5.41 Å². The summed E-state index contributed by atoms with van der Waals surface area (Å²) in [5.41, 5.74) is 0.737. The second-order valence-corrected chi connectivity index (χ2v) is 5.37. The van der Waals surface area contributed by atoms with Crippen LogP contribution in [0.15, 0.2) is 22.7 Å². The van der Waals surface area contributed by atoms with Gasteiger partial charge in [-0.05, 0) is 37.0 Å². The zero-order chi connectivity index (χ0) is 14.3. The summed E-state index contributed by atoms with van der Waals surface area (Å²) in [5.74, 6) is 0.405. The normalized spacial score (nSPS) is 16.1. The Morgan fingerprint density at radius 3 is 2.85 bits per heavy atom. The lowest BCUT2D eigenvalue weighted by Crippen LogP contribution is -2.12. The zero-order valence-corrected chi connectivity index (χ0v) is 11.7. The fourth-order valence-electron chi connectivity index (χ4n) is 2.31. The molecule has 1 aliphatic carbocycles. The topological polar surface area (TPSA) is 62.8 Å². The lowest BCUT2D eigenvalue weighted by Gasteiger charge is -2.12. The maximum Gasteiger partial charge on any atom is 0.271 e. The van der Waals surface area contributed by atoms with Gasteiger partial charge in [0.1, 0.15) is 5.82 Å². The summed E-state index contributed by atoms with van der Waals surface area (Å²) < 4.78 is 18.3. The number of rotatable bonds is 4. The fraction of sp³-hybridized carbons (Fsp3) is 0.357. The van der Waals surface area contributed by atoms with Crippen LogP contribution in [-0.4, -0.2) is 15.9 Å². The number of aromatic nitrogens is 2. The molecule has 1 aromatic carbocycles. The third-order valence-corrected chi connectivity index (χ3v) is 3.98. The van der Waals surface area contributed by atoms with Crippen molar-refractivity contribution in [1.82, 2.24) is 10.1 Å². The first-order valence-corrected chi connectivity index (χ1v) is 6.82. The van der Waals surface area contributed by atoms with Gasteiger partial charge >= 0.3 is 0 Å². The van der Waals surface area contributed by atoms with E-state index in [1.807, 2.05) is 6.92 Å². The molecule has 0 spiro atoms. The molecule has 1 aliphatic rings. The van der Waals surface area contributed by atoms with Crippen LogP contribution < -0.4 is 0 Å². The molecule has 2 aromatic rings. The number of nitrogens with one attached hydrogen (secondary N) is 1. The van der Waals surface area contributed by atoms with Crippen LogP contribution >= 0.6 is 11.6 Å². The zero-order valence-electron chi connectivity index (χ0n) is 10.9. The Balaban J connectivity index is 2.00. The van der Waals surface area contributed by atoms with E-state index in [-0.39, 0.29) is 17.1 Å². The molecule has 0 atom stereocenters. The van der Waals surface area contributed by atoms with E-state index in [0.717, 1.165) is 18.4 Å². The summed E-state index contributed by atoms with van der Waals surface area (Å²) >= 11 is 6.13. The van der Waals surface area contributed by atoms with E-state index in [1.165, 1.54) is 12.1 Å². The van der Waals surface area contributed by atoms with Crippen LogP contribution in [0.2, 0.25) is 5.02 Å². The van der Waals surface area contributed by atoms with Crippen LogP contribution in [0, 0.1) is 11.2 Å². The van der Waals surface area contributed by atoms with Crippen LogP contribution in [0.25, 0.3) is 0 Å². The monoisotopic (exact) mass is 293 g/mol. The SMILES string of the molecule is CCC(=N)c1nc(C2(c3ccc(F)cc3Cl)CC2)no1. The van der Waals surface area contributed by atoms with Crippen molar-refractivity contribution < 1.29 is 8.91 Å². The molecule has 0 radical (unpaired) electrons. The molecule has 0 saturated heterocycles. The highest BCUT2D eigenvalue weighted by Crippen LogP contribution is 2.54. The van der Waals surface area contributed by atoms with Crippen molar-refractivity contribution >= 4 is 17.3 Å². The van der Waals surface area contributed by atoms with Crippen molar-refractivity contribution in [2.45, 2.75) is 31.6 Å². The number of hydrogen-bond donors (Lipinski definition) is 1. The van der Waals surface area contributed by atoms with E-state index >= 15 is 0 Å². The lowest BCUT2D eigenvalue weighted by atomic mass is 9.95. The van der Waals surface area contributed by atoms with E-state index < -0.39 is 0 Å². The molecule has 1 saturated carbocycles.